The van der Waals surface area contributed by atoms with E-state index in [2.05, 4.69) is 20.7 Å². The van der Waals surface area contributed by atoms with Crippen LogP contribution >= 0.6 is 0 Å². The molecule has 1 fully saturated rings. The third-order valence-electron chi connectivity index (χ3n) is 6.54. The van der Waals surface area contributed by atoms with E-state index in [4.69, 9.17) is 9.15 Å². The fraction of sp³-hybridized carbons (Fsp3) is 0.259. The Balaban J connectivity index is 1.32. The average Bonchev–Trinajstić information content (AvgIpc) is 3.54. The largest absolute Gasteiger partial charge is 0.481 e. The maximum absolute atomic E-state index is 14.3. The Kier molecular flexibility index (Phi) is 6.47. The Morgan fingerprint density at radius 1 is 1.11 bits per heavy atom. The van der Waals surface area contributed by atoms with E-state index in [1.807, 2.05) is 19.1 Å². The van der Waals surface area contributed by atoms with Crippen molar-refractivity contribution >= 4 is 17.5 Å². The highest BCUT2D eigenvalue weighted by molar-refractivity contribution is 6.02. The fourth-order valence-corrected chi connectivity index (χ4v) is 4.36. The standard InChI is InChI=1S/C27H26FN5O4/c1-3-23-30-21(16-37-23)25(34)29-18-11-9-17(10-12-18)27(13-6-14-27)31-26(35)20-15-24(36-2)33(32-20)22-8-5-4-7-19(22)28/h4-5,7-12,15-16H,3,6,13-14H2,1-2H3,(H,29,34)(H,31,35). The van der Waals surface area contributed by atoms with E-state index in [0.29, 0.717) is 18.0 Å². The maximum Gasteiger partial charge on any atom is 0.277 e. The van der Waals surface area contributed by atoms with Crippen molar-refractivity contribution < 1.29 is 23.1 Å². The molecular formula is C27H26FN5O4. The van der Waals surface area contributed by atoms with Gasteiger partial charge in [-0.2, -0.15) is 9.78 Å². The van der Waals surface area contributed by atoms with E-state index in [0.717, 1.165) is 24.8 Å². The van der Waals surface area contributed by atoms with Crippen molar-refractivity contribution in [3.63, 3.8) is 0 Å². The maximum atomic E-state index is 14.3. The van der Waals surface area contributed by atoms with Gasteiger partial charge < -0.3 is 19.8 Å². The molecule has 0 unspecified atom stereocenters. The van der Waals surface area contributed by atoms with Crippen molar-refractivity contribution in [2.75, 3.05) is 12.4 Å². The minimum Gasteiger partial charge on any atom is -0.481 e. The van der Waals surface area contributed by atoms with Crippen LogP contribution in [0.25, 0.3) is 5.69 Å². The smallest absolute Gasteiger partial charge is 0.277 e. The molecule has 0 radical (unpaired) electrons. The summed E-state index contributed by atoms with van der Waals surface area (Å²) in [5.74, 6) is -0.478. The highest BCUT2D eigenvalue weighted by atomic mass is 19.1. The number of methoxy groups -OCH3 is 1. The number of carbonyl (C=O) groups excluding carboxylic acids is 2. The summed E-state index contributed by atoms with van der Waals surface area (Å²) in [6, 6.07) is 15.0. The Morgan fingerprint density at radius 3 is 2.49 bits per heavy atom. The first kappa shape index (κ1) is 24.2. The molecule has 0 saturated heterocycles. The van der Waals surface area contributed by atoms with Gasteiger partial charge in [-0.15, -0.1) is 0 Å². The predicted octanol–water partition coefficient (Wildman–Crippen LogP) is 4.63. The van der Waals surface area contributed by atoms with Gasteiger partial charge >= 0.3 is 0 Å². The van der Waals surface area contributed by atoms with Gasteiger partial charge in [0.2, 0.25) is 5.88 Å². The van der Waals surface area contributed by atoms with Crippen molar-refractivity contribution in [1.82, 2.24) is 20.1 Å². The van der Waals surface area contributed by atoms with Crippen LogP contribution in [0.15, 0.2) is 65.3 Å². The molecule has 0 spiro atoms. The molecule has 0 bridgehead atoms. The number of hydrogen-bond donors (Lipinski definition) is 2. The Labute approximate surface area is 212 Å². The molecule has 1 aliphatic rings. The van der Waals surface area contributed by atoms with E-state index < -0.39 is 11.4 Å². The van der Waals surface area contributed by atoms with Crippen molar-refractivity contribution in [3.8, 4) is 11.6 Å². The number of nitrogens with one attached hydrogen (secondary N) is 2. The molecule has 4 aromatic rings. The third-order valence-corrected chi connectivity index (χ3v) is 6.54. The molecule has 1 saturated carbocycles. The van der Waals surface area contributed by atoms with Crippen molar-refractivity contribution in [1.29, 1.82) is 0 Å². The summed E-state index contributed by atoms with van der Waals surface area (Å²) in [7, 11) is 1.44. The van der Waals surface area contributed by atoms with E-state index >= 15 is 0 Å². The van der Waals surface area contributed by atoms with Crippen LogP contribution in [0.2, 0.25) is 0 Å². The lowest BCUT2D eigenvalue weighted by molar-refractivity contribution is 0.0817. The summed E-state index contributed by atoms with van der Waals surface area (Å²) in [5.41, 5.74) is 1.48. The van der Waals surface area contributed by atoms with Crippen molar-refractivity contribution in [3.05, 3.63) is 89.5 Å². The van der Waals surface area contributed by atoms with Crippen LogP contribution in [-0.4, -0.2) is 33.7 Å². The zero-order valence-corrected chi connectivity index (χ0v) is 20.5. The van der Waals surface area contributed by atoms with Crippen LogP contribution in [0.3, 0.4) is 0 Å². The number of rotatable bonds is 8. The number of ether oxygens (including phenoxy) is 1. The van der Waals surface area contributed by atoms with Gasteiger partial charge in [-0.1, -0.05) is 31.2 Å². The number of anilines is 1. The molecule has 9 nitrogen and oxygen atoms in total. The molecule has 2 aromatic carbocycles. The number of aryl methyl sites for hydroxylation is 1. The van der Waals surface area contributed by atoms with Gasteiger partial charge in [-0.3, -0.25) is 9.59 Å². The molecule has 37 heavy (non-hydrogen) atoms. The summed E-state index contributed by atoms with van der Waals surface area (Å²) in [4.78, 5) is 29.8. The Morgan fingerprint density at radius 2 is 1.86 bits per heavy atom. The molecule has 2 amide bonds. The highest BCUT2D eigenvalue weighted by Crippen LogP contribution is 2.42. The van der Waals surface area contributed by atoms with Crippen molar-refractivity contribution in [2.45, 2.75) is 38.1 Å². The van der Waals surface area contributed by atoms with E-state index in [1.165, 1.54) is 30.2 Å². The molecular weight excluding hydrogens is 477 g/mol. The summed E-state index contributed by atoms with van der Waals surface area (Å²) in [6.07, 6.45) is 4.41. The Bertz CT molecular complexity index is 1440. The quantitative estimate of drug-likeness (QED) is 0.363. The third kappa shape index (κ3) is 4.69. The van der Waals surface area contributed by atoms with Crippen LogP contribution in [0.5, 0.6) is 5.88 Å². The van der Waals surface area contributed by atoms with E-state index in [1.54, 1.807) is 30.3 Å². The number of amides is 2. The number of oxazole rings is 1. The molecule has 10 heteroatoms. The first-order valence-corrected chi connectivity index (χ1v) is 12.0. The van der Waals surface area contributed by atoms with Crippen LogP contribution < -0.4 is 15.4 Å². The van der Waals surface area contributed by atoms with E-state index in [9.17, 15) is 14.0 Å². The lowest BCUT2D eigenvalue weighted by atomic mass is 9.71. The van der Waals surface area contributed by atoms with Gasteiger partial charge in [0.25, 0.3) is 11.8 Å². The van der Waals surface area contributed by atoms with Gasteiger partial charge in [-0.25, -0.2) is 9.37 Å². The summed E-state index contributed by atoms with van der Waals surface area (Å²) in [6.45, 7) is 1.90. The normalized spacial score (nSPS) is 14.0. The minimum atomic E-state index is -0.559. The first-order valence-electron chi connectivity index (χ1n) is 12.0. The number of hydrogen-bond acceptors (Lipinski definition) is 6. The minimum absolute atomic E-state index is 0.120. The van der Waals surface area contributed by atoms with Crippen LogP contribution in [0.1, 0.15) is 58.6 Å². The molecule has 0 aliphatic heterocycles. The summed E-state index contributed by atoms with van der Waals surface area (Å²) < 4.78 is 26.2. The predicted molar refractivity (Wildman–Crippen MR) is 133 cm³/mol. The molecule has 2 aromatic heterocycles. The molecule has 190 valence electrons. The SMILES string of the molecule is CCc1nc(C(=O)Nc2ccc(C3(NC(=O)c4cc(OC)n(-c5ccccc5F)n4)CCC3)cc2)co1. The number of aromatic nitrogens is 3. The fourth-order valence-electron chi connectivity index (χ4n) is 4.36. The number of halogens is 1. The molecule has 0 atom stereocenters. The Hall–Kier alpha value is -4.47. The highest BCUT2D eigenvalue weighted by Gasteiger charge is 2.40. The van der Waals surface area contributed by atoms with Crippen LogP contribution in [0, 0.1) is 5.82 Å². The second-order valence-corrected chi connectivity index (χ2v) is 8.84. The molecule has 2 N–H and O–H groups in total. The zero-order valence-electron chi connectivity index (χ0n) is 20.5. The molecule has 5 rings (SSSR count). The topological polar surface area (TPSA) is 111 Å². The number of nitrogens with zero attached hydrogens (tertiary/aromatic N) is 3. The summed E-state index contributed by atoms with van der Waals surface area (Å²) >= 11 is 0. The second-order valence-electron chi connectivity index (χ2n) is 8.84. The first-order chi connectivity index (χ1) is 17.9. The van der Waals surface area contributed by atoms with Gasteiger partial charge in [0.05, 0.1) is 12.6 Å². The molecule has 1 aliphatic carbocycles. The van der Waals surface area contributed by atoms with Gasteiger partial charge in [0.15, 0.2) is 17.3 Å². The summed E-state index contributed by atoms with van der Waals surface area (Å²) in [5, 5.41) is 10.2. The molecule has 2 heterocycles. The van der Waals surface area contributed by atoms with Gasteiger partial charge in [-0.05, 0) is 49.1 Å². The lowest BCUT2D eigenvalue weighted by Gasteiger charge is -2.43. The van der Waals surface area contributed by atoms with Crippen LogP contribution in [0.4, 0.5) is 10.1 Å². The van der Waals surface area contributed by atoms with Gasteiger partial charge in [0, 0.05) is 18.2 Å². The van der Waals surface area contributed by atoms with Crippen LogP contribution in [-0.2, 0) is 12.0 Å². The zero-order chi connectivity index (χ0) is 26.0. The van der Waals surface area contributed by atoms with Crippen molar-refractivity contribution in [2.24, 2.45) is 0 Å². The number of carbonyl (C=O) groups is 2. The lowest BCUT2D eigenvalue weighted by Crippen LogP contribution is -2.50. The monoisotopic (exact) mass is 503 g/mol. The number of para-hydroxylation sites is 1. The van der Waals surface area contributed by atoms with Gasteiger partial charge in [0.1, 0.15) is 17.8 Å². The van der Waals surface area contributed by atoms with E-state index in [-0.39, 0.29) is 34.8 Å². The number of benzene rings is 2. The second kappa shape index (κ2) is 9.88. The average molecular weight is 504 g/mol.